The summed E-state index contributed by atoms with van der Waals surface area (Å²) in [5.74, 6) is 2.34. The summed E-state index contributed by atoms with van der Waals surface area (Å²) in [6.45, 7) is 14.6. The summed E-state index contributed by atoms with van der Waals surface area (Å²) in [7, 11) is 1.66. The van der Waals surface area contributed by atoms with Gasteiger partial charge in [0, 0.05) is 25.7 Å². The van der Waals surface area contributed by atoms with E-state index in [-0.39, 0.29) is 12.2 Å². The Morgan fingerprint density at radius 2 is 1.94 bits per heavy atom. The molecule has 0 bridgehead atoms. The van der Waals surface area contributed by atoms with Crippen LogP contribution in [0.3, 0.4) is 0 Å². The van der Waals surface area contributed by atoms with E-state index >= 15 is 0 Å². The Morgan fingerprint density at radius 1 is 1.22 bits per heavy atom. The maximum Gasteiger partial charge on any atom is 0.279 e. The van der Waals surface area contributed by atoms with Crippen molar-refractivity contribution in [3.05, 3.63) is 52.2 Å². The predicted octanol–water partition coefficient (Wildman–Crippen LogP) is 4.14. The Morgan fingerprint density at radius 3 is 2.50 bits per heavy atom. The summed E-state index contributed by atoms with van der Waals surface area (Å²) in [5.41, 5.74) is 1.78. The van der Waals surface area contributed by atoms with Crippen LogP contribution in [0, 0.1) is 0 Å². The zero-order chi connectivity index (χ0) is 23.4. The van der Waals surface area contributed by atoms with Crippen LogP contribution in [0.25, 0.3) is 0 Å². The van der Waals surface area contributed by atoms with Gasteiger partial charge in [-0.15, -0.1) is 0 Å². The molecular weight excluding hydrogens is 470 g/mol. The minimum atomic E-state index is -0.181. The second-order valence-electron chi connectivity index (χ2n) is 8.11. The molecule has 3 rings (SSSR count). The predicted molar refractivity (Wildman–Crippen MR) is 131 cm³/mol. The van der Waals surface area contributed by atoms with E-state index < -0.39 is 0 Å². The van der Waals surface area contributed by atoms with Crippen molar-refractivity contribution in [1.29, 1.82) is 0 Å². The number of benzene rings is 1. The fourth-order valence-corrected chi connectivity index (χ4v) is 5.03. The lowest BCUT2D eigenvalue weighted by Crippen LogP contribution is -2.53. The third kappa shape index (κ3) is 4.62. The number of nitrogens with zero attached hydrogens (tertiary/aromatic N) is 3. The lowest BCUT2D eigenvalue weighted by Gasteiger charge is -2.38. The van der Waals surface area contributed by atoms with Crippen LogP contribution in [0.2, 0.25) is 0 Å². The lowest BCUT2D eigenvalue weighted by atomic mass is 10.1. The van der Waals surface area contributed by atoms with Gasteiger partial charge in [-0.1, -0.05) is 32.9 Å². The van der Waals surface area contributed by atoms with Crippen molar-refractivity contribution in [3.8, 4) is 5.75 Å². The lowest BCUT2D eigenvalue weighted by molar-refractivity contribution is -0.129. The molecular formula is C24H36BrN5O2. The largest absolute Gasteiger partial charge is 0.496 e. The number of carbonyl (C=O) groups excluding carboxylic acids is 1. The van der Waals surface area contributed by atoms with E-state index in [0.717, 1.165) is 53.2 Å². The van der Waals surface area contributed by atoms with Crippen molar-refractivity contribution in [2.75, 3.05) is 20.2 Å². The first-order valence-electron chi connectivity index (χ1n) is 11.5. The van der Waals surface area contributed by atoms with Gasteiger partial charge in [0.05, 0.1) is 11.6 Å². The summed E-state index contributed by atoms with van der Waals surface area (Å²) >= 11 is 3.59. The first-order valence-corrected chi connectivity index (χ1v) is 12.3. The summed E-state index contributed by atoms with van der Waals surface area (Å²) in [4.78, 5) is 19.6. The molecule has 1 amide bonds. The van der Waals surface area contributed by atoms with E-state index in [1.54, 1.807) is 12.0 Å². The molecule has 7 nitrogen and oxygen atoms in total. The first-order chi connectivity index (χ1) is 15.4. The van der Waals surface area contributed by atoms with Crippen LogP contribution in [-0.2, 0) is 11.3 Å². The number of ether oxygens (including phenoxy) is 1. The van der Waals surface area contributed by atoms with Gasteiger partial charge in [-0.25, -0.2) is 0 Å². The van der Waals surface area contributed by atoms with Crippen LogP contribution in [-0.4, -0.2) is 53.1 Å². The molecule has 1 aromatic carbocycles. The molecule has 0 fully saturated rings. The van der Waals surface area contributed by atoms with Gasteiger partial charge in [0.2, 0.25) is 0 Å². The van der Waals surface area contributed by atoms with Gasteiger partial charge in [-0.05, 0) is 60.3 Å². The molecule has 2 unspecified atom stereocenters. The zero-order valence-electron chi connectivity index (χ0n) is 19.9. The maximum atomic E-state index is 13.5. The van der Waals surface area contributed by atoms with Gasteiger partial charge in [0.25, 0.3) is 5.91 Å². The van der Waals surface area contributed by atoms with E-state index in [9.17, 15) is 4.79 Å². The van der Waals surface area contributed by atoms with Crippen LogP contribution in [0.5, 0.6) is 5.75 Å². The molecule has 0 saturated heterocycles. The highest BCUT2D eigenvalue weighted by Crippen LogP contribution is 2.34. The van der Waals surface area contributed by atoms with Crippen LogP contribution in [0.4, 0.5) is 0 Å². The molecule has 0 saturated carbocycles. The Hall–Kier alpha value is -2.19. The molecule has 32 heavy (non-hydrogen) atoms. The fraction of sp³-hybridized carbons (Fsp3) is 0.542. The third-order valence-electron chi connectivity index (χ3n) is 6.16. The van der Waals surface area contributed by atoms with E-state index in [4.69, 9.17) is 4.74 Å². The van der Waals surface area contributed by atoms with E-state index in [1.165, 1.54) is 0 Å². The molecule has 2 N–H and O–H groups in total. The Labute approximate surface area is 200 Å². The smallest absolute Gasteiger partial charge is 0.279 e. The summed E-state index contributed by atoms with van der Waals surface area (Å²) in [6, 6.07) is 6.41. The van der Waals surface area contributed by atoms with Crippen LogP contribution in [0.1, 0.15) is 52.5 Å². The van der Waals surface area contributed by atoms with Gasteiger partial charge in [0.15, 0.2) is 6.29 Å². The van der Waals surface area contributed by atoms with E-state index in [0.29, 0.717) is 24.8 Å². The minimum Gasteiger partial charge on any atom is -0.496 e. The third-order valence-corrected chi connectivity index (χ3v) is 6.78. The fourth-order valence-electron chi connectivity index (χ4n) is 4.44. The van der Waals surface area contributed by atoms with Gasteiger partial charge in [-0.2, -0.15) is 0 Å². The number of halogens is 1. The number of amides is 1. The highest BCUT2D eigenvalue weighted by molar-refractivity contribution is 9.10. The van der Waals surface area contributed by atoms with Gasteiger partial charge >= 0.3 is 0 Å². The highest BCUT2D eigenvalue weighted by Gasteiger charge is 2.44. The van der Waals surface area contributed by atoms with E-state index in [1.807, 2.05) is 19.1 Å². The molecule has 2 aliphatic heterocycles. The van der Waals surface area contributed by atoms with Crippen LogP contribution < -0.4 is 15.4 Å². The Kier molecular flexibility index (Phi) is 8.11. The molecule has 1 aromatic rings. The van der Waals surface area contributed by atoms with Crippen molar-refractivity contribution in [3.63, 3.8) is 0 Å². The van der Waals surface area contributed by atoms with Gasteiger partial charge in [0.1, 0.15) is 23.1 Å². The number of carbonyl (C=O) groups is 1. The number of hydrogen-bond acceptors (Lipinski definition) is 6. The number of nitrogens with one attached hydrogen (secondary N) is 2. The van der Waals surface area contributed by atoms with Crippen molar-refractivity contribution in [1.82, 2.24) is 25.3 Å². The van der Waals surface area contributed by atoms with Crippen molar-refractivity contribution < 1.29 is 9.53 Å². The number of hydrogen-bond donors (Lipinski definition) is 2. The van der Waals surface area contributed by atoms with Crippen molar-refractivity contribution >= 4 is 21.8 Å². The summed E-state index contributed by atoms with van der Waals surface area (Å²) < 4.78 is 6.28. The summed E-state index contributed by atoms with van der Waals surface area (Å²) in [6.07, 6.45) is 3.04. The molecule has 176 valence electrons. The SMILES string of the molecule is C=C1N(CC)C(=O)C2=C(NC(NC(CC)CCC)N2Cc2ccc(OC)c(Br)c2)N1CC. The number of rotatable bonds is 10. The highest BCUT2D eigenvalue weighted by atomic mass is 79.9. The Balaban J connectivity index is 2.00. The summed E-state index contributed by atoms with van der Waals surface area (Å²) in [5, 5.41) is 7.36. The van der Waals surface area contributed by atoms with Crippen LogP contribution >= 0.6 is 15.9 Å². The second-order valence-corrected chi connectivity index (χ2v) is 8.97. The normalized spacial score (nSPS) is 19.4. The average Bonchev–Trinajstić information content (AvgIpc) is 3.12. The molecule has 2 atom stereocenters. The van der Waals surface area contributed by atoms with Gasteiger partial charge in [-0.3, -0.25) is 15.0 Å². The molecule has 8 heteroatoms. The quantitative estimate of drug-likeness (QED) is 0.498. The molecule has 0 aromatic heterocycles. The molecule has 2 aliphatic rings. The topological polar surface area (TPSA) is 60.1 Å². The molecule has 2 heterocycles. The maximum absolute atomic E-state index is 13.5. The van der Waals surface area contributed by atoms with Crippen molar-refractivity contribution in [2.45, 2.75) is 65.8 Å². The zero-order valence-corrected chi connectivity index (χ0v) is 21.5. The minimum absolute atomic E-state index is 0.00915. The first kappa shape index (κ1) is 24.5. The molecule has 0 radical (unpaired) electrons. The van der Waals surface area contributed by atoms with Crippen molar-refractivity contribution in [2.24, 2.45) is 0 Å². The monoisotopic (exact) mass is 505 g/mol. The Bertz CT molecular complexity index is 887. The number of methoxy groups -OCH3 is 1. The average molecular weight is 506 g/mol. The van der Waals surface area contributed by atoms with Crippen LogP contribution in [0.15, 0.2) is 46.6 Å². The molecule has 0 aliphatic carbocycles. The standard InChI is InChI=1S/C24H36BrN5O2/c1-7-11-18(8-2)26-24-27-22-21(23(31)29(10-4)16(5)28(22)9-3)30(24)15-17-12-13-20(32-6)19(25)14-17/h12-14,18,24,26-27H,5,7-11,15H2,1-4,6H3. The number of likely N-dealkylation sites (N-methyl/N-ethyl adjacent to an activating group) is 1. The van der Waals surface area contributed by atoms with Gasteiger partial charge < -0.3 is 19.9 Å². The van der Waals surface area contributed by atoms with E-state index in [2.05, 4.69) is 69.8 Å². The molecule has 0 spiro atoms. The second kappa shape index (κ2) is 10.6.